The van der Waals surface area contributed by atoms with Crippen LogP contribution in [-0.4, -0.2) is 46.9 Å². The normalized spacial score (nSPS) is 30.3. The van der Waals surface area contributed by atoms with Gasteiger partial charge in [0, 0.05) is 31.7 Å². The second kappa shape index (κ2) is 3.73. The molecule has 0 radical (unpaired) electrons. The molecule has 0 bridgehead atoms. The highest BCUT2D eigenvalue weighted by Gasteiger charge is 2.27. The number of carboxylic acid groups (broad SMARTS) is 1. The van der Waals surface area contributed by atoms with E-state index in [1.54, 1.807) is 0 Å². The molecule has 0 aromatic carbocycles. The lowest BCUT2D eigenvalue weighted by Crippen LogP contribution is -2.51. The first kappa shape index (κ1) is 9.28. The maximum Gasteiger partial charge on any atom is 0.407 e. The molecule has 4 N–H and O–H groups in total. The second-order valence-electron chi connectivity index (χ2n) is 3.12. The largest absolute Gasteiger partial charge is 0.465 e. The number of piperidine rings is 1. The van der Waals surface area contributed by atoms with E-state index in [1.165, 1.54) is 4.90 Å². The van der Waals surface area contributed by atoms with E-state index in [-0.39, 0.29) is 18.6 Å². The fourth-order valence-corrected chi connectivity index (χ4v) is 1.43. The molecule has 2 unspecified atom stereocenters. The molecule has 0 saturated carbocycles. The van der Waals surface area contributed by atoms with Crippen molar-refractivity contribution in [3.8, 4) is 0 Å². The fourth-order valence-electron chi connectivity index (χ4n) is 1.43. The third-order valence-electron chi connectivity index (χ3n) is 2.31. The Morgan fingerprint density at radius 1 is 1.67 bits per heavy atom. The Bertz CT molecular complexity index is 174. The summed E-state index contributed by atoms with van der Waals surface area (Å²) in [5, 5.41) is 17.5. The molecule has 5 heteroatoms. The lowest BCUT2D eigenvalue weighted by atomic mass is 9.93. The predicted octanol–water partition coefficient (Wildman–Crippen LogP) is -0.694. The molecule has 0 aliphatic carbocycles. The van der Waals surface area contributed by atoms with E-state index in [4.69, 9.17) is 15.9 Å². The van der Waals surface area contributed by atoms with Crippen molar-refractivity contribution >= 4 is 6.09 Å². The average Bonchev–Trinajstić information content (AvgIpc) is 2.04. The zero-order valence-electron chi connectivity index (χ0n) is 6.81. The van der Waals surface area contributed by atoms with E-state index < -0.39 is 6.09 Å². The predicted molar refractivity (Wildman–Crippen MR) is 42.8 cm³/mol. The summed E-state index contributed by atoms with van der Waals surface area (Å²) in [7, 11) is 0. The summed E-state index contributed by atoms with van der Waals surface area (Å²) in [5.41, 5.74) is 5.65. The third kappa shape index (κ3) is 1.86. The molecule has 2 atom stereocenters. The van der Waals surface area contributed by atoms with Crippen LogP contribution in [0.4, 0.5) is 4.79 Å². The minimum Gasteiger partial charge on any atom is -0.465 e. The number of amides is 1. The molecule has 0 spiro atoms. The Morgan fingerprint density at radius 3 is 2.75 bits per heavy atom. The van der Waals surface area contributed by atoms with E-state index in [0.717, 1.165) is 0 Å². The van der Waals surface area contributed by atoms with Crippen LogP contribution in [0, 0.1) is 5.92 Å². The molecule has 1 aliphatic heterocycles. The van der Waals surface area contributed by atoms with Gasteiger partial charge < -0.3 is 20.8 Å². The highest BCUT2D eigenvalue weighted by molar-refractivity contribution is 5.65. The van der Waals surface area contributed by atoms with E-state index in [0.29, 0.717) is 19.5 Å². The molecular weight excluding hydrogens is 160 g/mol. The van der Waals surface area contributed by atoms with Crippen LogP contribution in [0.15, 0.2) is 0 Å². The Hall–Kier alpha value is -0.810. The van der Waals surface area contributed by atoms with Crippen molar-refractivity contribution in [1.29, 1.82) is 0 Å². The first-order valence-corrected chi connectivity index (χ1v) is 3.99. The summed E-state index contributed by atoms with van der Waals surface area (Å²) in [5.74, 6) is 0.0561. The van der Waals surface area contributed by atoms with Gasteiger partial charge in [0.2, 0.25) is 0 Å². The van der Waals surface area contributed by atoms with Gasteiger partial charge in [0.1, 0.15) is 0 Å². The summed E-state index contributed by atoms with van der Waals surface area (Å²) < 4.78 is 0. The lowest BCUT2D eigenvalue weighted by Gasteiger charge is -2.34. The summed E-state index contributed by atoms with van der Waals surface area (Å²) in [6.07, 6.45) is -0.272. The highest BCUT2D eigenvalue weighted by Crippen LogP contribution is 2.15. The molecular formula is C7H14N2O3. The van der Waals surface area contributed by atoms with E-state index in [9.17, 15) is 4.79 Å². The molecule has 0 aromatic heterocycles. The van der Waals surface area contributed by atoms with Crippen molar-refractivity contribution in [2.75, 3.05) is 19.7 Å². The van der Waals surface area contributed by atoms with Crippen LogP contribution in [-0.2, 0) is 0 Å². The minimum atomic E-state index is -0.929. The van der Waals surface area contributed by atoms with Crippen LogP contribution < -0.4 is 5.73 Å². The van der Waals surface area contributed by atoms with E-state index in [2.05, 4.69) is 0 Å². The van der Waals surface area contributed by atoms with Gasteiger partial charge in [-0.15, -0.1) is 0 Å². The maximum absolute atomic E-state index is 10.5. The Labute approximate surface area is 70.8 Å². The standard InChI is InChI=1S/C7H14N2O3/c8-6-3-9(7(11)12)2-1-5(6)4-10/h5-6,10H,1-4,8H2,(H,11,12). The van der Waals surface area contributed by atoms with E-state index >= 15 is 0 Å². The summed E-state index contributed by atoms with van der Waals surface area (Å²) >= 11 is 0. The van der Waals surface area contributed by atoms with E-state index in [1.807, 2.05) is 0 Å². The molecule has 1 aliphatic rings. The van der Waals surface area contributed by atoms with Gasteiger partial charge in [-0.05, 0) is 6.42 Å². The number of aliphatic hydroxyl groups is 1. The topological polar surface area (TPSA) is 86.8 Å². The molecule has 5 nitrogen and oxygen atoms in total. The number of hydrogen-bond donors (Lipinski definition) is 3. The number of aliphatic hydroxyl groups excluding tert-OH is 1. The third-order valence-corrected chi connectivity index (χ3v) is 2.31. The summed E-state index contributed by atoms with van der Waals surface area (Å²) in [4.78, 5) is 11.8. The maximum atomic E-state index is 10.5. The van der Waals surface area contributed by atoms with Gasteiger partial charge in [0.05, 0.1) is 0 Å². The van der Waals surface area contributed by atoms with Crippen molar-refractivity contribution in [3.05, 3.63) is 0 Å². The number of nitrogens with two attached hydrogens (primary N) is 1. The van der Waals surface area contributed by atoms with Gasteiger partial charge in [0.25, 0.3) is 0 Å². The SMILES string of the molecule is NC1CN(C(=O)O)CCC1CO. The molecule has 1 rings (SSSR count). The van der Waals surface area contributed by atoms with Gasteiger partial charge in [-0.25, -0.2) is 4.79 Å². The van der Waals surface area contributed by atoms with Gasteiger partial charge in [-0.1, -0.05) is 0 Å². The van der Waals surface area contributed by atoms with Gasteiger partial charge in [-0.3, -0.25) is 0 Å². The zero-order valence-corrected chi connectivity index (χ0v) is 6.81. The van der Waals surface area contributed by atoms with Crippen molar-refractivity contribution in [2.24, 2.45) is 11.7 Å². The summed E-state index contributed by atoms with van der Waals surface area (Å²) in [6, 6.07) is -0.222. The number of likely N-dealkylation sites (tertiary alicyclic amines) is 1. The fraction of sp³-hybridized carbons (Fsp3) is 0.857. The Morgan fingerprint density at radius 2 is 2.33 bits per heavy atom. The Kier molecular flexibility index (Phi) is 2.88. The van der Waals surface area contributed by atoms with Crippen LogP contribution in [0.25, 0.3) is 0 Å². The number of rotatable bonds is 1. The zero-order chi connectivity index (χ0) is 9.14. The van der Waals surface area contributed by atoms with Crippen LogP contribution in [0.1, 0.15) is 6.42 Å². The highest BCUT2D eigenvalue weighted by atomic mass is 16.4. The molecule has 0 aromatic rings. The molecule has 12 heavy (non-hydrogen) atoms. The first-order chi connectivity index (χ1) is 5.65. The van der Waals surface area contributed by atoms with Crippen LogP contribution >= 0.6 is 0 Å². The van der Waals surface area contributed by atoms with Crippen LogP contribution in [0.5, 0.6) is 0 Å². The van der Waals surface area contributed by atoms with Crippen LogP contribution in [0.2, 0.25) is 0 Å². The number of carbonyl (C=O) groups is 1. The lowest BCUT2D eigenvalue weighted by molar-refractivity contribution is 0.0953. The average molecular weight is 174 g/mol. The quantitative estimate of drug-likeness (QED) is 0.491. The van der Waals surface area contributed by atoms with Crippen molar-refractivity contribution in [2.45, 2.75) is 12.5 Å². The minimum absolute atomic E-state index is 0.0502. The smallest absolute Gasteiger partial charge is 0.407 e. The molecule has 1 fully saturated rings. The molecule has 70 valence electrons. The van der Waals surface area contributed by atoms with Gasteiger partial charge in [-0.2, -0.15) is 0 Å². The number of hydrogen-bond acceptors (Lipinski definition) is 3. The van der Waals surface area contributed by atoms with Crippen molar-refractivity contribution in [1.82, 2.24) is 4.90 Å². The summed E-state index contributed by atoms with van der Waals surface area (Å²) in [6.45, 7) is 0.865. The first-order valence-electron chi connectivity index (χ1n) is 3.99. The van der Waals surface area contributed by atoms with Crippen LogP contribution in [0.3, 0.4) is 0 Å². The van der Waals surface area contributed by atoms with Crippen molar-refractivity contribution < 1.29 is 15.0 Å². The van der Waals surface area contributed by atoms with Gasteiger partial charge in [0.15, 0.2) is 0 Å². The molecule has 1 saturated heterocycles. The molecule has 1 heterocycles. The number of nitrogens with zero attached hydrogens (tertiary/aromatic N) is 1. The Balaban J connectivity index is 2.46. The second-order valence-corrected chi connectivity index (χ2v) is 3.12. The van der Waals surface area contributed by atoms with Gasteiger partial charge >= 0.3 is 6.09 Å². The molecule has 1 amide bonds. The monoisotopic (exact) mass is 174 g/mol. The van der Waals surface area contributed by atoms with Crippen molar-refractivity contribution in [3.63, 3.8) is 0 Å².